The lowest BCUT2D eigenvalue weighted by atomic mass is 10.00. The van der Waals surface area contributed by atoms with Crippen LogP contribution in [0, 0.1) is 0 Å². The van der Waals surface area contributed by atoms with Crippen molar-refractivity contribution in [3.8, 4) is 0 Å². The van der Waals surface area contributed by atoms with Gasteiger partial charge in [0, 0.05) is 12.8 Å². The van der Waals surface area contributed by atoms with Crippen LogP contribution in [-0.2, 0) is 38.7 Å². The molecule has 0 amide bonds. The fourth-order valence-corrected chi connectivity index (χ4v) is 8.65. The van der Waals surface area contributed by atoms with Crippen molar-refractivity contribution < 1.29 is 56.8 Å². The number of hydrogen-bond donors (Lipinski definition) is 4. The summed E-state index contributed by atoms with van der Waals surface area (Å²) in [5.41, 5.74) is 0. The van der Waals surface area contributed by atoms with Crippen LogP contribution in [0.3, 0.4) is 0 Å². The van der Waals surface area contributed by atoms with Crippen LogP contribution in [-0.4, -0.2) is 96.0 Å². The van der Waals surface area contributed by atoms with Crippen LogP contribution in [0.15, 0.2) is 24.3 Å². The molecule has 0 radical (unpaired) electrons. The Hall–Kier alpha value is -1.87. The molecule has 0 aromatic heterocycles. The van der Waals surface area contributed by atoms with Gasteiger partial charge < -0.3 is 34.3 Å². The topological polar surface area (TPSA) is 186 Å². The van der Waals surface area contributed by atoms with Gasteiger partial charge in [0.15, 0.2) is 12.4 Å². The van der Waals surface area contributed by atoms with Crippen molar-refractivity contribution in [2.45, 2.75) is 269 Å². The number of allylic oxidation sites excluding steroid dienone is 4. The summed E-state index contributed by atoms with van der Waals surface area (Å²) in [6.45, 7) is 3.77. The summed E-state index contributed by atoms with van der Waals surface area (Å²) in [6, 6.07) is 0. The Morgan fingerprint density at radius 1 is 0.516 bits per heavy atom. The number of carbonyl (C=O) groups excluding carboxylic acids is 2. The maximum absolute atomic E-state index is 12.8. The first kappa shape index (κ1) is 60.1. The van der Waals surface area contributed by atoms with Crippen molar-refractivity contribution in [2.75, 3.05) is 19.0 Å². The molecule has 13 heteroatoms. The molecule has 1 saturated heterocycles. The number of rotatable bonds is 44. The first-order valence-corrected chi connectivity index (χ1v) is 27.5. The third kappa shape index (κ3) is 35.3. The lowest BCUT2D eigenvalue weighted by Gasteiger charge is -2.40. The Balaban J connectivity index is 2.36. The fourth-order valence-electron chi connectivity index (χ4n) is 7.96. The van der Waals surface area contributed by atoms with Crippen LogP contribution in [0.2, 0.25) is 0 Å². The molecular formula is C51H94O12S. The Bertz CT molecular complexity index is 1270. The average molecular weight is 931 g/mol. The van der Waals surface area contributed by atoms with Crippen molar-refractivity contribution >= 4 is 22.1 Å². The highest BCUT2D eigenvalue weighted by Gasteiger charge is 2.46. The molecule has 1 heterocycles. The summed E-state index contributed by atoms with van der Waals surface area (Å²) in [5.74, 6) is -2.00. The number of unbranched alkanes of at least 4 members (excludes halogenated alkanes) is 28. The van der Waals surface area contributed by atoms with Crippen molar-refractivity contribution in [1.82, 2.24) is 0 Å². The zero-order valence-corrected chi connectivity index (χ0v) is 41.2. The smallest absolute Gasteiger partial charge is 0.306 e. The molecule has 1 aliphatic rings. The van der Waals surface area contributed by atoms with Crippen LogP contribution in [0.4, 0.5) is 0 Å². The number of ether oxygens (including phenoxy) is 4. The van der Waals surface area contributed by atoms with Crippen molar-refractivity contribution in [2.24, 2.45) is 0 Å². The van der Waals surface area contributed by atoms with Gasteiger partial charge in [0.25, 0.3) is 10.1 Å². The largest absolute Gasteiger partial charge is 0.462 e. The van der Waals surface area contributed by atoms with Crippen LogP contribution >= 0.6 is 0 Å². The van der Waals surface area contributed by atoms with Gasteiger partial charge in [-0.15, -0.1) is 0 Å². The van der Waals surface area contributed by atoms with E-state index in [4.69, 9.17) is 18.9 Å². The van der Waals surface area contributed by atoms with Gasteiger partial charge in [0.05, 0.1) is 6.61 Å². The Labute approximate surface area is 389 Å². The highest BCUT2D eigenvalue weighted by atomic mass is 32.2. The molecule has 6 atom stereocenters. The molecule has 0 aromatic carbocycles. The molecule has 2 unspecified atom stereocenters. The van der Waals surface area contributed by atoms with Crippen molar-refractivity contribution in [1.29, 1.82) is 0 Å². The molecular weight excluding hydrogens is 837 g/mol. The van der Waals surface area contributed by atoms with Gasteiger partial charge in [-0.05, 0) is 64.2 Å². The molecule has 1 fully saturated rings. The van der Waals surface area contributed by atoms with Gasteiger partial charge in [-0.1, -0.05) is 179 Å². The third-order valence-electron chi connectivity index (χ3n) is 12.0. The van der Waals surface area contributed by atoms with Crippen LogP contribution in [0.25, 0.3) is 0 Å². The number of aliphatic hydroxyl groups is 3. The normalized spacial score (nSPS) is 19.8. The molecule has 0 saturated carbocycles. The maximum atomic E-state index is 12.8. The summed E-state index contributed by atoms with van der Waals surface area (Å²) in [4.78, 5) is 25.5. The standard InChI is InChI=1S/C51H94O12S/c1-3-5-7-9-11-13-15-17-19-20-21-22-23-24-26-27-29-31-33-35-37-39-46(52)60-41-44(42-61-51-50(56)49(55)48(54)45(63-51)43-64(57,58)59)62-47(53)40-38-36-34-32-30-28-25-18-16-14-12-10-8-6-4-2/h17,19,30,32,44-45,48-51,54-56H,3-16,18,20-29,31,33-43H2,1-2H3,(H,57,58,59)/b19-17+,32-30+/t44-,45-,48-,49?,50?,51+/m1/s1. The summed E-state index contributed by atoms with van der Waals surface area (Å²) in [5, 5.41) is 31.0. The number of esters is 2. The van der Waals surface area contributed by atoms with Crippen molar-refractivity contribution in [3.63, 3.8) is 0 Å². The van der Waals surface area contributed by atoms with E-state index in [0.717, 1.165) is 38.5 Å². The van der Waals surface area contributed by atoms with Gasteiger partial charge in [-0.2, -0.15) is 8.42 Å². The van der Waals surface area contributed by atoms with Crippen LogP contribution in [0.5, 0.6) is 0 Å². The summed E-state index contributed by atoms with van der Waals surface area (Å²) in [6.07, 6.45) is 37.9. The van der Waals surface area contributed by atoms with Crippen LogP contribution in [0.1, 0.15) is 232 Å². The van der Waals surface area contributed by atoms with E-state index in [-0.39, 0.29) is 19.4 Å². The second-order valence-electron chi connectivity index (χ2n) is 18.2. The van der Waals surface area contributed by atoms with Crippen LogP contribution < -0.4 is 0 Å². The zero-order valence-electron chi connectivity index (χ0n) is 40.4. The van der Waals surface area contributed by atoms with E-state index in [1.807, 2.05) is 0 Å². The molecule has 64 heavy (non-hydrogen) atoms. The lowest BCUT2D eigenvalue weighted by Crippen LogP contribution is -2.60. The first-order valence-electron chi connectivity index (χ1n) is 25.9. The Morgan fingerprint density at radius 3 is 1.33 bits per heavy atom. The summed E-state index contributed by atoms with van der Waals surface area (Å²) in [7, 11) is -4.60. The van der Waals surface area contributed by atoms with E-state index in [1.54, 1.807) is 0 Å². The minimum atomic E-state index is -4.60. The van der Waals surface area contributed by atoms with Gasteiger partial charge in [0.2, 0.25) is 0 Å². The molecule has 0 spiro atoms. The fraction of sp³-hybridized carbons (Fsp3) is 0.882. The van der Waals surface area contributed by atoms with E-state index < -0.39 is 71.2 Å². The predicted molar refractivity (Wildman–Crippen MR) is 256 cm³/mol. The molecule has 1 aliphatic heterocycles. The van der Waals surface area contributed by atoms with E-state index in [0.29, 0.717) is 12.8 Å². The highest BCUT2D eigenvalue weighted by Crippen LogP contribution is 2.24. The minimum absolute atomic E-state index is 0.137. The molecule has 0 aliphatic carbocycles. The molecule has 376 valence electrons. The molecule has 4 N–H and O–H groups in total. The summed E-state index contributed by atoms with van der Waals surface area (Å²) < 4.78 is 54.2. The van der Waals surface area contributed by atoms with E-state index in [1.165, 1.54) is 154 Å². The predicted octanol–water partition coefficient (Wildman–Crippen LogP) is 11.6. The highest BCUT2D eigenvalue weighted by molar-refractivity contribution is 7.85. The Kier molecular flexibility index (Phi) is 38.8. The van der Waals surface area contributed by atoms with Gasteiger partial charge >= 0.3 is 11.9 Å². The molecule has 0 bridgehead atoms. The number of hydrogen-bond acceptors (Lipinski definition) is 11. The number of carbonyl (C=O) groups is 2. The maximum Gasteiger partial charge on any atom is 0.306 e. The van der Waals surface area contributed by atoms with E-state index in [2.05, 4.69) is 38.2 Å². The molecule has 12 nitrogen and oxygen atoms in total. The second-order valence-corrected chi connectivity index (χ2v) is 19.7. The van der Waals surface area contributed by atoms with Gasteiger partial charge in [-0.3, -0.25) is 14.1 Å². The first-order chi connectivity index (χ1) is 31.0. The van der Waals surface area contributed by atoms with Gasteiger partial charge in [0.1, 0.15) is 36.8 Å². The minimum Gasteiger partial charge on any atom is -0.462 e. The lowest BCUT2D eigenvalue weighted by molar-refractivity contribution is -0.297. The van der Waals surface area contributed by atoms with E-state index >= 15 is 0 Å². The van der Waals surface area contributed by atoms with Gasteiger partial charge in [-0.25, -0.2) is 0 Å². The zero-order chi connectivity index (χ0) is 46.9. The summed E-state index contributed by atoms with van der Waals surface area (Å²) >= 11 is 0. The quantitative estimate of drug-likeness (QED) is 0.0196. The molecule has 1 rings (SSSR count). The molecule has 0 aromatic rings. The average Bonchev–Trinajstić information content (AvgIpc) is 3.26. The second kappa shape index (κ2) is 41.3. The number of aliphatic hydroxyl groups excluding tert-OH is 3. The van der Waals surface area contributed by atoms with Crippen molar-refractivity contribution in [3.05, 3.63) is 24.3 Å². The third-order valence-corrected chi connectivity index (χ3v) is 12.8. The van der Waals surface area contributed by atoms with E-state index in [9.17, 15) is 37.9 Å². The monoisotopic (exact) mass is 931 g/mol. The Morgan fingerprint density at radius 2 is 0.891 bits per heavy atom. The SMILES string of the molecule is CCCCCCCC/C=C/CCCCCCCCCCCCCC(=O)OC[C@H](CO[C@H]1O[C@H](CS(=O)(=O)O)[C@@H](O)C(O)C1O)OC(=O)CCCC/C=C/CCCCCCCCCCC.